The van der Waals surface area contributed by atoms with Crippen molar-refractivity contribution in [2.75, 3.05) is 17.3 Å². The smallest absolute Gasteiger partial charge is 0.312 e. The van der Waals surface area contributed by atoms with E-state index in [1.807, 2.05) is 32.0 Å². The Hall–Kier alpha value is -2.37. The van der Waals surface area contributed by atoms with E-state index in [9.17, 15) is 14.4 Å². The van der Waals surface area contributed by atoms with Gasteiger partial charge in [-0.2, -0.15) is 0 Å². The fraction of sp³-hybridized carbons (Fsp3) is 0.348. The summed E-state index contributed by atoms with van der Waals surface area (Å²) < 4.78 is 5.53. The molecule has 0 aromatic heterocycles. The Balaban J connectivity index is 1.73. The van der Waals surface area contributed by atoms with Gasteiger partial charge in [0.2, 0.25) is 11.7 Å². The number of halogens is 2. The number of alkyl halides is 1. The number of aryl methyl sites for hydroxylation is 2. The fourth-order valence-corrected chi connectivity index (χ4v) is 4.02. The van der Waals surface area contributed by atoms with Gasteiger partial charge in [-0.1, -0.05) is 29.8 Å². The molecule has 2 atom stereocenters. The first kappa shape index (κ1) is 22.3. The summed E-state index contributed by atoms with van der Waals surface area (Å²) in [5, 5.41) is 0.508. The molecule has 3 rings (SSSR count). The fourth-order valence-electron chi connectivity index (χ4n) is 3.69. The lowest BCUT2D eigenvalue weighted by atomic mass is 10.0. The number of hydrogen-bond acceptors (Lipinski definition) is 4. The van der Waals surface area contributed by atoms with Crippen molar-refractivity contribution in [3.8, 4) is 0 Å². The molecule has 0 N–H and O–H groups in total. The molecule has 2 aromatic carbocycles. The maximum absolute atomic E-state index is 12.8. The predicted molar refractivity (Wildman–Crippen MR) is 117 cm³/mol. The molecule has 5 nitrogen and oxygen atoms in total. The Labute approximate surface area is 185 Å². The maximum atomic E-state index is 12.8. The number of amides is 1. The lowest BCUT2D eigenvalue weighted by Crippen LogP contribution is -2.32. The van der Waals surface area contributed by atoms with Crippen molar-refractivity contribution in [2.45, 2.75) is 32.8 Å². The summed E-state index contributed by atoms with van der Waals surface area (Å²) in [7, 11) is 0. The van der Waals surface area contributed by atoms with Gasteiger partial charge in [-0.05, 0) is 49.2 Å². The zero-order valence-corrected chi connectivity index (χ0v) is 18.4. The number of Topliss-reactive ketones (excluding diaryl/α,β-unsaturated/α-hetero) is 1. The highest BCUT2D eigenvalue weighted by molar-refractivity contribution is 6.30. The SMILES string of the molecule is Cc1cccc(C)c1N1C[C@@H](C(=O)O[C@H](CCCl)C(=O)c2ccc(Cl)cc2)CC1=O. The van der Waals surface area contributed by atoms with Crippen LogP contribution in [0.15, 0.2) is 42.5 Å². The van der Waals surface area contributed by atoms with E-state index in [-0.39, 0.29) is 37.0 Å². The van der Waals surface area contributed by atoms with Crippen LogP contribution in [0.3, 0.4) is 0 Å². The number of carbonyl (C=O) groups is 3. The van der Waals surface area contributed by atoms with Crippen LogP contribution < -0.4 is 4.90 Å². The van der Waals surface area contributed by atoms with Crippen molar-refractivity contribution >= 4 is 46.5 Å². The molecule has 1 amide bonds. The zero-order chi connectivity index (χ0) is 21.8. The van der Waals surface area contributed by atoms with Gasteiger partial charge in [0.05, 0.1) is 5.92 Å². The van der Waals surface area contributed by atoms with E-state index in [0.29, 0.717) is 10.6 Å². The number of anilines is 1. The third-order valence-electron chi connectivity index (χ3n) is 5.22. The molecule has 7 heteroatoms. The normalized spacial score (nSPS) is 17.1. The van der Waals surface area contributed by atoms with Crippen LogP contribution in [-0.4, -0.2) is 36.2 Å². The summed E-state index contributed by atoms with van der Waals surface area (Å²) in [6, 6.07) is 12.2. The number of hydrogen-bond donors (Lipinski definition) is 0. The molecule has 1 saturated heterocycles. The topological polar surface area (TPSA) is 63.7 Å². The van der Waals surface area contributed by atoms with Crippen molar-refractivity contribution in [3.05, 3.63) is 64.2 Å². The van der Waals surface area contributed by atoms with Gasteiger partial charge in [-0.3, -0.25) is 14.4 Å². The van der Waals surface area contributed by atoms with Gasteiger partial charge in [-0.25, -0.2) is 0 Å². The molecule has 0 saturated carbocycles. The van der Waals surface area contributed by atoms with Gasteiger partial charge >= 0.3 is 5.97 Å². The van der Waals surface area contributed by atoms with Crippen molar-refractivity contribution in [2.24, 2.45) is 5.92 Å². The molecule has 158 valence electrons. The van der Waals surface area contributed by atoms with Gasteiger partial charge < -0.3 is 9.64 Å². The Kier molecular flexibility index (Phi) is 7.16. The molecule has 0 unspecified atom stereocenters. The molecule has 2 aromatic rings. The molecule has 30 heavy (non-hydrogen) atoms. The minimum atomic E-state index is -1.000. The number of ketones is 1. The van der Waals surface area contributed by atoms with Gasteiger partial charge in [-0.15, -0.1) is 11.6 Å². The summed E-state index contributed by atoms with van der Waals surface area (Å²) >= 11 is 11.7. The second kappa shape index (κ2) is 9.63. The molecule has 1 heterocycles. The van der Waals surface area contributed by atoms with Gasteiger partial charge in [0.25, 0.3) is 0 Å². The lowest BCUT2D eigenvalue weighted by molar-refractivity contribution is -0.151. The van der Waals surface area contributed by atoms with Gasteiger partial charge in [0.15, 0.2) is 6.10 Å². The Morgan fingerprint density at radius 3 is 2.37 bits per heavy atom. The average Bonchev–Trinajstić information content (AvgIpc) is 3.09. The second-order valence-corrected chi connectivity index (χ2v) is 8.23. The maximum Gasteiger partial charge on any atom is 0.312 e. The Morgan fingerprint density at radius 2 is 1.77 bits per heavy atom. The van der Waals surface area contributed by atoms with Crippen molar-refractivity contribution in [3.63, 3.8) is 0 Å². The Bertz CT molecular complexity index is 938. The number of ether oxygens (including phenoxy) is 1. The van der Waals surface area contributed by atoms with Gasteiger partial charge in [0, 0.05) is 41.5 Å². The largest absolute Gasteiger partial charge is 0.454 e. The Morgan fingerprint density at radius 1 is 1.13 bits per heavy atom. The molecule has 1 aliphatic rings. The molecule has 0 bridgehead atoms. The highest BCUT2D eigenvalue weighted by atomic mass is 35.5. The van der Waals surface area contributed by atoms with Gasteiger partial charge in [0.1, 0.15) is 0 Å². The zero-order valence-electron chi connectivity index (χ0n) is 16.9. The number of esters is 1. The number of benzene rings is 2. The van der Waals surface area contributed by atoms with Crippen LogP contribution in [0.2, 0.25) is 5.02 Å². The quantitative estimate of drug-likeness (QED) is 0.349. The van der Waals surface area contributed by atoms with E-state index in [0.717, 1.165) is 16.8 Å². The van der Waals surface area contributed by atoms with Crippen LogP contribution in [-0.2, 0) is 14.3 Å². The molecule has 0 radical (unpaired) electrons. The average molecular weight is 448 g/mol. The van der Waals surface area contributed by atoms with Crippen molar-refractivity contribution < 1.29 is 19.1 Å². The first-order valence-electron chi connectivity index (χ1n) is 9.74. The van der Waals surface area contributed by atoms with Crippen molar-refractivity contribution in [1.82, 2.24) is 0 Å². The monoisotopic (exact) mass is 447 g/mol. The molecular weight excluding hydrogens is 425 g/mol. The summed E-state index contributed by atoms with van der Waals surface area (Å²) in [5.74, 6) is -1.50. The highest BCUT2D eigenvalue weighted by Gasteiger charge is 2.38. The number of para-hydroxylation sites is 1. The first-order chi connectivity index (χ1) is 14.3. The van der Waals surface area contributed by atoms with Crippen LogP contribution >= 0.6 is 23.2 Å². The summed E-state index contributed by atoms with van der Waals surface area (Å²) in [6.45, 7) is 4.09. The van der Waals surface area contributed by atoms with Crippen LogP contribution in [0.25, 0.3) is 0 Å². The highest BCUT2D eigenvalue weighted by Crippen LogP contribution is 2.31. The van der Waals surface area contributed by atoms with E-state index in [1.54, 1.807) is 29.2 Å². The van der Waals surface area contributed by atoms with E-state index in [2.05, 4.69) is 0 Å². The molecule has 1 aliphatic heterocycles. The van der Waals surface area contributed by atoms with Crippen LogP contribution in [0.5, 0.6) is 0 Å². The third kappa shape index (κ3) is 4.85. The predicted octanol–water partition coefficient (Wildman–Crippen LogP) is 4.73. The van der Waals surface area contributed by atoms with E-state index in [1.165, 1.54) is 0 Å². The molecular formula is C23H23Cl2NO4. The minimum Gasteiger partial charge on any atom is -0.454 e. The second-order valence-electron chi connectivity index (χ2n) is 7.42. The van der Waals surface area contributed by atoms with E-state index < -0.39 is 18.0 Å². The minimum absolute atomic E-state index is 0.0509. The molecule has 0 spiro atoms. The van der Waals surface area contributed by atoms with Crippen LogP contribution in [0.4, 0.5) is 5.69 Å². The third-order valence-corrected chi connectivity index (χ3v) is 5.69. The standard InChI is InChI=1S/C23H23Cl2NO4/c1-14-4-3-5-15(2)21(14)26-13-17(12-20(26)27)23(29)30-19(10-11-24)22(28)16-6-8-18(25)9-7-16/h3-9,17,19H,10-13H2,1-2H3/t17-,19+/m0/s1. The van der Waals surface area contributed by atoms with E-state index in [4.69, 9.17) is 27.9 Å². The number of carbonyl (C=O) groups excluding carboxylic acids is 3. The molecule has 1 fully saturated rings. The summed E-state index contributed by atoms with van der Waals surface area (Å²) in [6.07, 6.45) is -0.758. The number of rotatable bonds is 7. The first-order valence-corrected chi connectivity index (χ1v) is 10.7. The van der Waals surface area contributed by atoms with E-state index >= 15 is 0 Å². The summed E-state index contributed by atoms with van der Waals surface area (Å²) in [5.41, 5.74) is 3.15. The van der Waals surface area contributed by atoms with Crippen LogP contribution in [0, 0.1) is 19.8 Å². The number of nitrogens with zero attached hydrogens (tertiary/aromatic N) is 1. The lowest BCUT2D eigenvalue weighted by Gasteiger charge is -2.22. The van der Waals surface area contributed by atoms with Crippen LogP contribution in [0.1, 0.15) is 34.3 Å². The van der Waals surface area contributed by atoms with Crippen molar-refractivity contribution in [1.29, 1.82) is 0 Å². The molecule has 0 aliphatic carbocycles. The summed E-state index contributed by atoms with van der Waals surface area (Å²) in [4.78, 5) is 39.8.